The van der Waals surface area contributed by atoms with Gasteiger partial charge < -0.3 is 24.5 Å². The first-order valence-corrected chi connectivity index (χ1v) is 7.16. The molecule has 8 heteroatoms. The van der Waals surface area contributed by atoms with Crippen LogP contribution in [0.25, 0.3) is 0 Å². The van der Waals surface area contributed by atoms with Crippen LogP contribution in [0, 0.1) is 0 Å². The predicted octanol–water partition coefficient (Wildman–Crippen LogP) is 1.98. The first kappa shape index (κ1) is 17.2. The molecule has 0 spiro atoms. The molecule has 0 bridgehead atoms. The molecule has 1 rings (SSSR count). The van der Waals surface area contributed by atoms with E-state index in [9.17, 15) is 9.59 Å². The van der Waals surface area contributed by atoms with Crippen molar-refractivity contribution in [2.24, 2.45) is 0 Å². The zero-order chi connectivity index (χ0) is 16.2. The Balaban J connectivity index is 2.94. The highest BCUT2D eigenvalue weighted by atomic mass is 32.1. The lowest BCUT2D eigenvalue weighted by atomic mass is 10.2. The van der Waals surface area contributed by atoms with Gasteiger partial charge in [-0.05, 0) is 20.8 Å². The molecular formula is C13H21N3O4S. The van der Waals surface area contributed by atoms with E-state index in [1.165, 1.54) is 18.4 Å². The van der Waals surface area contributed by atoms with Gasteiger partial charge in [-0.25, -0.2) is 4.79 Å². The van der Waals surface area contributed by atoms with E-state index >= 15 is 0 Å². The fraction of sp³-hybridized carbons (Fsp3) is 0.615. The second-order valence-electron chi connectivity index (χ2n) is 5.52. The summed E-state index contributed by atoms with van der Waals surface area (Å²) in [6, 6.07) is -0.860. The Bertz CT molecular complexity index is 508. The molecule has 1 aromatic rings. The van der Waals surface area contributed by atoms with Crippen LogP contribution in [0.4, 0.5) is 9.93 Å². The standard InChI is InChI=1S/C13H21N3O4S/c1-13(2,3)20-12(18)14-8(7-17)9-10(19-6)15-11(21-9)16(4)5/h7-8H,1-6H3,(H,14,18). The van der Waals surface area contributed by atoms with Crippen LogP contribution in [0.3, 0.4) is 0 Å². The van der Waals surface area contributed by atoms with Gasteiger partial charge in [0.1, 0.15) is 17.9 Å². The van der Waals surface area contributed by atoms with Crippen molar-refractivity contribution in [1.29, 1.82) is 0 Å². The molecule has 0 aliphatic heterocycles. The number of methoxy groups -OCH3 is 1. The number of aromatic nitrogens is 1. The predicted molar refractivity (Wildman–Crippen MR) is 81.2 cm³/mol. The molecule has 0 aliphatic rings. The lowest BCUT2D eigenvalue weighted by molar-refractivity contribution is -0.109. The molecule has 1 amide bonds. The van der Waals surface area contributed by atoms with E-state index in [2.05, 4.69) is 10.3 Å². The van der Waals surface area contributed by atoms with E-state index in [0.29, 0.717) is 22.2 Å². The third-order valence-corrected chi connectivity index (χ3v) is 3.56. The van der Waals surface area contributed by atoms with Crippen molar-refractivity contribution in [3.63, 3.8) is 0 Å². The second-order valence-corrected chi connectivity index (χ2v) is 6.53. The number of carbonyl (C=O) groups excluding carboxylic acids is 2. The topological polar surface area (TPSA) is 80.8 Å². The van der Waals surface area contributed by atoms with Gasteiger partial charge in [0, 0.05) is 14.1 Å². The Morgan fingerprint density at radius 2 is 2.05 bits per heavy atom. The summed E-state index contributed by atoms with van der Waals surface area (Å²) in [5.74, 6) is 0.317. The van der Waals surface area contributed by atoms with Gasteiger partial charge in [0.2, 0.25) is 5.88 Å². The molecule has 0 aromatic carbocycles. The van der Waals surface area contributed by atoms with Crippen LogP contribution in [0.1, 0.15) is 31.7 Å². The molecule has 0 fully saturated rings. The highest BCUT2D eigenvalue weighted by molar-refractivity contribution is 7.16. The van der Waals surface area contributed by atoms with Gasteiger partial charge in [0.15, 0.2) is 5.13 Å². The average Bonchev–Trinajstić information content (AvgIpc) is 2.77. The van der Waals surface area contributed by atoms with Crippen molar-refractivity contribution in [3.8, 4) is 5.88 Å². The van der Waals surface area contributed by atoms with E-state index < -0.39 is 17.7 Å². The number of alkyl carbamates (subject to hydrolysis) is 1. The summed E-state index contributed by atoms with van der Waals surface area (Å²) in [7, 11) is 5.13. The number of rotatable bonds is 5. The number of aldehydes is 1. The SMILES string of the molecule is COc1nc(N(C)C)sc1C(C=O)NC(=O)OC(C)(C)C. The van der Waals surface area contributed by atoms with E-state index in [-0.39, 0.29) is 0 Å². The van der Waals surface area contributed by atoms with Crippen molar-refractivity contribution >= 4 is 28.8 Å². The molecule has 0 saturated heterocycles. The Labute approximate surface area is 128 Å². The Morgan fingerprint density at radius 3 is 2.48 bits per heavy atom. The quantitative estimate of drug-likeness (QED) is 0.837. The molecule has 118 valence electrons. The van der Waals surface area contributed by atoms with Crippen LogP contribution in [0.2, 0.25) is 0 Å². The maximum absolute atomic E-state index is 11.8. The minimum Gasteiger partial charge on any atom is -0.480 e. The van der Waals surface area contributed by atoms with E-state index in [0.717, 1.165) is 0 Å². The molecule has 7 nitrogen and oxygen atoms in total. The van der Waals surface area contributed by atoms with Gasteiger partial charge in [-0.15, -0.1) is 0 Å². The summed E-state index contributed by atoms with van der Waals surface area (Å²) >= 11 is 1.27. The van der Waals surface area contributed by atoms with E-state index in [1.54, 1.807) is 25.7 Å². The highest BCUT2D eigenvalue weighted by Gasteiger charge is 2.25. The number of hydrogen-bond donors (Lipinski definition) is 1. The normalized spacial score (nSPS) is 12.5. The first-order chi connectivity index (χ1) is 9.67. The summed E-state index contributed by atoms with van der Waals surface area (Å²) in [6.07, 6.45) is -0.0409. The fourth-order valence-corrected chi connectivity index (χ4v) is 2.40. The molecule has 1 N–H and O–H groups in total. The lowest BCUT2D eigenvalue weighted by Gasteiger charge is -2.21. The number of amides is 1. The summed E-state index contributed by atoms with van der Waals surface area (Å²) in [5, 5.41) is 3.19. The smallest absolute Gasteiger partial charge is 0.408 e. The monoisotopic (exact) mass is 315 g/mol. The minimum absolute atomic E-state index is 0.317. The van der Waals surface area contributed by atoms with E-state index in [1.807, 2.05) is 14.1 Å². The molecule has 21 heavy (non-hydrogen) atoms. The van der Waals surface area contributed by atoms with Crippen LogP contribution in [-0.4, -0.2) is 44.2 Å². The van der Waals surface area contributed by atoms with Gasteiger partial charge in [0.25, 0.3) is 0 Å². The highest BCUT2D eigenvalue weighted by Crippen LogP contribution is 2.34. The van der Waals surface area contributed by atoms with Gasteiger partial charge in [-0.2, -0.15) is 4.98 Å². The zero-order valence-electron chi connectivity index (χ0n) is 13.1. The third kappa shape index (κ3) is 4.89. The number of carbonyl (C=O) groups is 2. The number of anilines is 1. The summed E-state index contributed by atoms with van der Waals surface area (Å²) in [4.78, 5) is 29.7. The fourth-order valence-electron chi connectivity index (χ4n) is 1.44. The van der Waals surface area contributed by atoms with Gasteiger partial charge in [0.05, 0.1) is 12.0 Å². The van der Waals surface area contributed by atoms with Crippen LogP contribution < -0.4 is 15.0 Å². The Hall–Kier alpha value is -1.83. The summed E-state index contributed by atoms with van der Waals surface area (Å²) in [5.41, 5.74) is -0.635. The number of thiazole rings is 1. The van der Waals surface area contributed by atoms with Crippen LogP contribution in [-0.2, 0) is 9.53 Å². The van der Waals surface area contributed by atoms with Gasteiger partial charge in [-0.3, -0.25) is 0 Å². The number of hydrogen-bond acceptors (Lipinski definition) is 7. The average molecular weight is 315 g/mol. The van der Waals surface area contributed by atoms with Crippen molar-refractivity contribution in [2.75, 3.05) is 26.1 Å². The number of ether oxygens (including phenoxy) is 2. The third-order valence-electron chi connectivity index (χ3n) is 2.28. The van der Waals surface area contributed by atoms with Crippen molar-refractivity contribution < 1.29 is 19.1 Å². The Kier molecular flexibility index (Phi) is 5.54. The Morgan fingerprint density at radius 1 is 1.43 bits per heavy atom. The molecule has 0 radical (unpaired) electrons. The zero-order valence-corrected chi connectivity index (χ0v) is 13.9. The molecule has 1 heterocycles. The van der Waals surface area contributed by atoms with E-state index in [4.69, 9.17) is 9.47 Å². The molecule has 0 aliphatic carbocycles. The number of nitrogens with one attached hydrogen (secondary N) is 1. The van der Waals surface area contributed by atoms with Crippen molar-refractivity contribution in [3.05, 3.63) is 4.88 Å². The van der Waals surface area contributed by atoms with Gasteiger partial charge in [-0.1, -0.05) is 11.3 Å². The second kappa shape index (κ2) is 6.75. The van der Waals surface area contributed by atoms with Crippen molar-refractivity contribution in [1.82, 2.24) is 10.3 Å². The minimum atomic E-state index is -0.860. The molecule has 1 unspecified atom stereocenters. The maximum Gasteiger partial charge on any atom is 0.408 e. The van der Waals surface area contributed by atoms with Crippen LogP contribution in [0.5, 0.6) is 5.88 Å². The summed E-state index contributed by atoms with van der Waals surface area (Å²) in [6.45, 7) is 5.25. The van der Waals surface area contributed by atoms with Gasteiger partial charge >= 0.3 is 6.09 Å². The lowest BCUT2D eigenvalue weighted by Crippen LogP contribution is -2.35. The van der Waals surface area contributed by atoms with Crippen LogP contribution >= 0.6 is 11.3 Å². The molecule has 0 saturated carbocycles. The molecule has 1 atom stereocenters. The largest absolute Gasteiger partial charge is 0.480 e. The maximum atomic E-state index is 11.8. The van der Waals surface area contributed by atoms with Crippen LogP contribution in [0.15, 0.2) is 0 Å². The number of nitrogens with zero attached hydrogens (tertiary/aromatic N) is 2. The molecular weight excluding hydrogens is 294 g/mol. The van der Waals surface area contributed by atoms with Crippen molar-refractivity contribution in [2.45, 2.75) is 32.4 Å². The molecule has 1 aromatic heterocycles. The summed E-state index contributed by atoms with van der Waals surface area (Å²) < 4.78 is 10.3. The first-order valence-electron chi connectivity index (χ1n) is 6.34.